The minimum absolute atomic E-state index is 0.243. The summed E-state index contributed by atoms with van der Waals surface area (Å²) in [6, 6.07) is 1.29. The summed E-state index contributed by atoms with van der Waals surface area (Å²) in [5, 5.41) is 4.70. The summed E-state index contributed by atoms with van der Waals surface area (Å²) < 4.78 is 79.3. The number of nitrogens with zero attached hydrogens (tertiary/aromatic N) is 3. The summed E-state index contributed by atoms with van der Waals surface area (Å²) in [4.78, 5) is 8.89. The van der Waals surface area contributed by atoms with Gasteiger partial charge >= 0.3 is 6.18 Å². The number of nitrogens with one attached hydrogen (secondary N) is 2. The van der Waals surface area contributed by atoms with Crippen LogP contribution in [0.25, 0.3) is 0 Å². The van der Waals surface area contributed by atoms with Crippen LogP contribution >= 0.6 is 0 Å². The number of alkyl halides is 3. The number of rotatable bonds is 6. The molecule has 2 aromatic rings. The zero-order valence-corrected chi connectivity index (χ0v) is 13.8. The highest BCUT2D eigenvalue weighted by Gasteiger charge is 2.34. The van der Waals surface area contributed by atoms with Crippen LogP contribution in [-0.2, 0) is 6.18 Å². The SMILES string of the molecule is CN(C)CCNc1nc(Nc2c(F)cc(F)cc2F)cc(C(F)(F)F)n1. The zero-order chi connectivity index (χ0) is 19.5. The van der Waals surface area contributed by atoms with E-state index in [-0.39, 0.29) is 12.5 Å². The number of benzene rings is 1. The summed E-state index contributed by atoms with van der Waals surface area (Å²) in [6.45, 7) is 0.733. The van der Waals surface area contributed by atoms with Gasteiger partial charge in [-0.05, 0) is 14.1 Å². The Morgan fingerprint density at radius 3 is 2.15 bits per heavy atom. The van der Waals surface area contributed by atoms with Crippen molar-refractivity contribution in [2.45, 2.75) is 6.18 Å². The first kappa shape index (κ1) is 19.8. The Morgan fingerprint density at radius 1 is 1.00 bits per heavy atom. The number of hydrogen-bond acceptors (Lipinski definition) is 5. The van der Waals surface area contributed by atoms with E-state index in [4.69, 9.17) is 0 Å². The third kappa shape index (κ3) is 5.22. The molecule has 0 spiro atoms. The van der Waals surface area contributed by atoms with Crippen molar-refractivity contribution in [1.82, 2.24) is 14.9 Å². The van der Waals surface area contributed by atoms with Crippen LogP contribution in [0.3, 0.4) is 0 Å². The first-order valence-corrected chi connectivity index (χ1v) is 7.32. The first-order chi connectivity index (χ1) is 12.1. The van der Waals surface area contributed by atoms with Gasteiger partial charge in [0, 0.05) is 31.3 Å². The summed E-state index contributed by atoms with van der Waals surface area (Å²) in [5.41, 5.74) is -2.12. The number of likely N-dealkylation sites (N-methyl/N-ethyl adjacent to an activating group) is 1. The maximum absolute atomic E-state index is 13.7. The van der Waals surface area contributed by atoms with Gasteiger partial charge in [0.1, 0.15) is 17.3 Å². The van der Waals surface area contributed by atoms with Crippen LogP contribution < -0.4 is 10.6 Å². The smallest absolute Gasteiger partial charge is 0.353 e. The van der Waals surface area contributed by atoms with Crippen molar-refractivity contribution in [3.8, 4) is 0 Å². The van der Waals surface area contributed by atoms with E-state index in [1.807, 2.05) is 0 Å². The topological polar surface area (TPSA) is 53.1 Å². The van der Waals surface area contributed by atoms with Crippen molar-refractivity contribution in [1.29, 1.82) is 0 Å². The molecule has 0 unspecified atom stereocenters. The maximum Gasteiger partial charge on any atom is 0.433 e. The van der Waals surface area contributed by atoms with Crippen LogP contribution in [-0.4, -0.2) is 42.1 Å². The minimum Gasteiger partial charge on any atom is -0.353 e. The van der Waals surface area contributed by atoms with Crippen LogP contribution in [0, 0.1) is 17.5 Å². The molecule has 0 radical (unpaired) electrons. The second-order valence-electron chi connectivity index (χ2n) is 5.56. The molecule has 0 aliphatic carbocycles. The Balaban J connectivity index is 2.35. The lowest BCUT2D eigenvalue weighted by Crippen LogP contribution is -2.22. The number of aromatic nitrogens is 2. The van der Waals surface area contributed by atoms with Gasteiger partial charge in [0.25, 0.3) is 0 Å². The van der Waals surface area contributed by atoms with Gasteiger partial charge in [0.2, 0.25) is 5.95 Å². The van der Waals surface area contributed by atoms with Gasteiger partial charge in [-0.15, -0.1) is 0 Å². The predicted octanol–water partition coefficient (Wildman–Crippen LogP) is 3.63. The minimum atomic E-state index is -4.79. The number of anilines is 3. The third-order valence-electron chi connectivity index (χ3n) is 3.12. The average Bonchev–Trinajstić information content (AvgIpc) is 2.49. The highest BCUT2D eigenvalue weighted by Crippen LogP contribution is 2.31. The van der Waals surface area contributed by atoms with E-state index in [0.717, 1.165) is 0 Å². The third-order valence-corrected chi connectivity index (χ3v) is 3.12. The predicted molar refractivity (Wildman–Crippen MR) is 83.7 cm³/mol. The lowest BCUT2D eigenvalue weighted by Gasteiger charge is -2.14. The Bertz CT molecular complexity index is 755. The molecule has 1 aromatic heterocycles. The fourth-order valence-electron chi connectivity index (χ4n) is 1.92. The standard InChI is InChI=1S/C15H15F6N5/c1-26(2)4-3-22-14-23-11(15(19,20)21)7-12(25-14)24-13-9(17)5-8(16)6-10(13)18/h5-7H,3-4H2,1-2H3,(H2,22,23,24,25). The summed E-state index contributed by atoms with van der Waals surface area (Å²) in [6.07, 6.45) is -4.79. The molecule has 0 bridgehead atoms. The average molecular weight is 379 g/mol. The van der Waals surface area contributed by atoms with Gasteiger partial charge < -0.3 is 15.5 Å². The molecule has 0 atom stereocenters. The molecule has 26 heavy (non-hydrogen) atoms. The number of hydrogen-bond donors (Lipinski definition) is 2. The van der Waals surface area contributed by atoms with Gasteiger partial charge in [0.15, 0.2) is 17.3 Å². The van der Waals surface area contributed by atoms with Gasteiger partial charge in [-0.25, -0.2) is 18.2 Å². The molecule has 0 fully saturated rings. The quantitative estimate of drug-likeness (QED) is 0.751. The van der Waals surface area contributed by atoms with Crippen LogP contribution in [0.4, 0.5) is 43.8 Å². The lowest BCUT2D eigenvalue weighted by atomic mass is 10.2. The van der Waals surface area contributed by atoms with Crippen LogP contribution in [0.15, 0.2) is 18.2 Å². The highest BCUT2D eigenvalue weighted by molar-refractivity contribution is 5.59. The molecule has 0 saturated carbocycles. The van der Waals surface area contributed by atoms with Crippen molar-refractivity contribution in [2.24, 2.45) is 0 Å². The zero-order valence-electron chi connectivity index (χ0n) is 13.8. The summed E-state index contributed by atoms with van der Waals surface area (Å²) >= 11 is 0. The van der Waals surface area contributed by atoms with Crippen LogP contribution in [0.5, 0.6) is 0 Å². The summed E-state index contributed by atoms with van der Waals surface area (Å²) in [7, 11) is 3.53. The molecule has 0 aliphatic heterocycles. The second-order valence-corrected chi connectivity index (χ2v) is 5.56. The van der Waals surface area contributed by atoms with Crippen LogP contribution in [0.2, 0.25) is 0 Å². The van der Waals surface area contributed by atoms with Crippen molar-refractivity contribution < 1.29 is 26.3 Å². The van der Waals surface area contributed by atoms with Gasteiger partial charge in [-0.1, -0.05) is 0 Å². The molecule has 0 aliphatic rings. The van der Waals surface area contributed by atoms with Crippen molar-refractivity contribution in [3.63, 3.8) is 0 Å². The monoisotopic (exact) mass is 379 g/mol. The van der Waals surface area contributed by atoms with E-state index in [2.05, 4.69) is 20.6 Å². The van der Waals surface area contributed by atoms with Gasteiger partial charge in [-0.2, -0.15) is 18.2 Å². The summed E-state index contributed by atoms with van der Waals surface area (Å²) in [5.74, 6) is -4.64. The van der Waals surface area contributed by atoms with E-state index >= 15 is 0 Å². The second kappa shape index (κ2) is 7.77. The molecular formula is C15H15F6N5. The Kier molecular flexibility index (Phi) is 5.90. The molecule has 5 nitrogen and oxygen atoms in total. The van der Waals surface area contributed by atoms with Gasteiger partial charge in [-0.3, -0.25) is 0 Å². The van der Waals surface area contributed by atoms with Crippen molar-refractivity contribution in [3.05, 3.63) is 41.3 Å². The first-order valence-electron chi connectivity index (χ1n) is 7.32. The van der Waals surface area contributed by atoms with E-state index in [9.17, 15) is 26.3 Å². The van der Waals surface area contributed by atoms with Crippen molar-refractivity contribution >= 4 is 17.5 Å². The molecule has 1 aromatic carbocycles. The number of halogens is 6. The molecule has 11 heteroatoms. The molecule has 0 amide bonds. The molecule has 2 rings (SSSR count). The van der Waals surface area contributed by atoms with Crippen molar-refractivity contribution in [2.75, 3.05) is 37.8 Å². The lowest BCUT2D eigenvalue weighted by molar-refractivity contribution is -0.141. The van der Waals surface area contributed by atoms with Gasteiger partial charge in [0.05, 0.1) is 0 Å². The fraction of sp³-hybridized carbons (Fsp3) is 0.333. The highest BCUT2D eigenvalue weighted by atomic mass is 19.4. The molecular weight excluding hydrogens is 364 g/mol. The normalized spacial score (nSPS) is 11.7. The Labute approximate surface area is 145 Å². The molecule has 0 saturated heterocycles. The maximum atomic E-state index is 13.7. The fourth-order valence-corrected chi connectivity index (χ4v) is 1.92. The van der Waals surface area contributed by atoms with Crippen LogP contribution in [0.1, 0.15) is 5.69 Å². The molecule has 2 N–H and O–H groups in total. The van der Waals surface area contributed by atoms with E-state index < -0.39 is 40.8 Å². The Morgan fingerprint density at radius 2 is 1.62 bits per heavy atom. The van der Waals surface area contributed by atoms with E-state index in [1.165, 1.54) is 0 Å². The molecule has 1 heterocycles. The Hall–Kier alpha value is -2.56. The molecule has 142 valence electrons. The van der Waals surface area contributed by atoms with E-state index in [1.54, 1.807) is 19.0 Å². The largest absolute Gasteiger partial charge is 0.433 e. The van der Waals surface area contributed by atoms with E-state index in [0.29, 0.717) is 24.7 Å².